The second kappa shape index (κ2) is 5.53. The second-order valence-corrected chi connectivity index (χ2v) is 5.08. The highest BCUT2D eigenvalue weighted by atomic mass is 16.7. The van der Waals surface area contributed by atoms with Gasteiger partial charge in [0.2, 0.25) is 6.79 Å². The molecule has 1 aromatic carbocycles. The fourth-order valence-electron chi connectivity index (χ4n) is 2.40. The van der Waals surface area contributed by atoms with Gasteiger partial charge in [-0.15, -0.1) is 0 Å². The molecule has 23 heavy (non-hydrogen) atoms. The molecule has 2 amide bonds. The van der Waals surface area contributed by atoms with Crippen LogP contribution >= 0.6 is 0 Å². The van der Waals surface area contributed by atoms with Crippen LogP contribution in [0.3, 0.4) is 0 Å². The summed E-state index contributed by atoms with van der Waals surface area (Å²) < 4.78 is 12.3. The third-order valence-electron chi connectivity index (χ3n) is 3.48. The molecule has 7 heteroatoms. The van der Waals surface area contributed by atoms with Crippen molar-refractivity contribution in [3.63, 3.8) is 0 Å². The molecule has 4 rings (SSSR count). The number of benzene rings is 1. The number of pyridine rings is 1. The highest BCUT2D eigenvalue weighted by molar-refractivity contribution is 5.89. The summed E-state index contributed by atoms with van der Waals surface area (Å²) in [6.07, 6.45) is 1.87. The number of rotatable bonds is 3. The fourth-order valence-corrected chi connectivity index (χ4v) is 2.40. The van der Waals surface area contributed by atoms with Crippen molar-refractivity contribution in [2.24, 2.45) is 0 Å². The highest BCUT2D eigenvalue weighted by Gasteiger charge is 2.14. The maximum Gasteiger partial charge on any atom is 0.319 e. The number of aromatic nitrogens is 2. The normalized spacial score (nSPS) is 12.3. The number of nitrogens with one attached hydrogen (secondary N) is 2. The zero-order valence-corrected chi connectivity index (χ0v) is 12.2. The molecule has 2 N–H and O–H groups in total. The summed E-state index contributed by atoms with van der Waals surface area (Å²) in [6, 6.07) is 12.7. The first-order valence-corrected chi connectivity index (χ1v) is 7.16. The van der Waals surface area contributed by atoms with Gasteiger partial charge in [0.1, 0.15) is 0 Å². The highest BCUT2D eigenvalue weighted by Crippen LogP contribution is 2.34. The van der Waals surface area contributed by atoms with Crippen LogP contribution in [0, 0.1) is 0 Å². The summed E-state index contributed by atoms with van der Waals surface area (Å²) in [7, 11) is 0. The number of hydrogen-bond acceptors (Lipinski definition) is 4. The van der Waals surface area contributed by atoms with Crippen LogP contribution in [-0.4, -0.2) is 22.4 Å². The minimum absolute atomic E-state index is 0.207. The molecule has 0 saturated heterocycles. The van der Waals surface area contributed by atoms with Gasteiger partial charge in [0.15, 0.2) is 11.5 Å². The lowest BCUT2D eigenvalue weighted by atomic mass is 10.3. The lowest BCUT2D eigenvalue weighted by molar-refractivity contribution is 0.174. The van der Waals surface area contributed by atoms with Crippen molar-refractivity contribution < 1.29 is 14.3 Å². The van der Waals surface area contributed by atoms with Gasteiger partial charge < -0.3 is 20.1 Å². The number of nitrogens with zero attached hydrogens (tertiary/aromatic N) is 2. The van der Waals surface area contributed by atoms with Gasteiger partial charge in [-0.25, -0.2) is 9.31 Å². The second-order valence-electron chi connectivity index (χ2n) is 5.08. The van der Waals surface area contributed by atoms with Gasteiger partial charge in [0.25, 0.3) is 0 Å². The van der Waals surface area contributed by atoms with Crippen molar-refractivity contribution in [3.05, 3.63) is 54.4 Å². The summed E-state index contributed by atoms with van der Waals surface area (Å²) in [5.41, 5.74) is 2.42. The van der Waals surface area contributed by atoms with Gasteiger partial charge in [-0.3, -0.25) is 0 Å². The van der Waals surface area contributed by atoms with E-state index in [4.69, 9.17) is 9.47 Å². The molecule has 0 radical (unpaired) electrons. The van der Waals surface area contributed by atoms with Crippen molar-refractivity contribution in [3.8, 4) is 11.5 Å². The van der Waals surface area contributed by atoms with Gasteiger partial charge in [-0.2, -0.15) is 5.10 Å². The zero-order chi connectivity index (χ0) is 15.6. The lowest BCUT2D eigenvalue weighted by Gasteiger charge is -2.07. The Kier molecular flexibility index (Phi) is 3.23. The molecule has 2 aromatic heterocycles. The summed E-state index contributed by atoms with van der Waals surface area (Å²) in [5.74, 6) is 1.31. The van der Waals surface area contributed by atoms with E-state index in [0.29, 0.717) is 23.7 Å². The SMILES string of the molecule is O=C(NCc1cc2ccccn2n1)Nc1ccc2c(c1)OCO2. The van der Waals surface area contributed by atoms with Gasteiger partial charge in [0.05, 0.1) is 17.8 Å². The molecule has 1 aliphatic heterocycles. The number of ether oxygens (including phenoxy) is 2. The minimum Gasteiger partial charge on any atom is -0.454 e. The Bertz CT molecular complexity index is 842. The van der Waals surface area contributed by atoms with Crippen LogP contribution in [0.25, 0.3) is 5.52 Å². The Morgan fingerprint density at radius 3 is 3.00 bits per heavy atom. The molecular weight excluding hydrogens is 296 g/mol. The lowest BCUT2D eigenvalue weighted by Crippen LogP contribution is -2.28. The summed E-state index contributed by atoms with van der Waals surface area (Å²) >= 11 is 0. The number of amides is 2. The summed E-state index contributed by atoms with van der Waals surface area (Å²) in [5, 5.41) is 9.91. The summed E-state index contributed by atoms with van der Waals surface area (Å²) in [4.78, 5) is 12.0. The Morgan fingerprint density at radius 1 is 1.17 bits per heavy atom. The van der Waals surface area contributed by atoms with E-state index in [1.165, 1.54) is 0 Å². The number of anilines is 1. The summed E-state index contributed by atoms with van der Waals surface area (Å²) in [6.45, 7) is 0.553. The fraction of sp³-hybridized carbons (Fsp3) is 0.125. The first-order chi connectivity index (χ1) is 11.3. The molecule has 0 fully saturated rings. The third kappa shape index (κ3) is 2.76. The van der Waals surface area contributed by atoms with Gasteiger partial charge >= 0.3 is 6.03 Å². The smallest absolute Gasteiger partial charge is 0.319 e. The first kappa shape index (κ1) is 13.4. The first-order valence-electron chi connectivity index (χ1n) is 7.16. The van der Waals surface area contributed by atoms with E-state index in [1.807, 2.05) is 30.5 Å². The van der Waals surface area contributed by atoms with Gasteiger partial charge in [-0.1, -0.05) is 6.07 Å². The molecular formula is C16H14N4O3. The Balaban J connectivity index is 1.38. The molecule has 116 valence electrons. The Hall–Kier alpha value is -3.22. The van der Waals surface area contributed by atoms with E-state index < -0.39 is 0 Å². The van der Waals surface area contributed by atoms with Crippen LogP contribution in [-0.2, 0) is 6.54 Å². The van der Waals surface area contributed by atoms with Crippen molar-refractivity contribution in [2.75, 3.05) is 12.1 Å². The van der Waals surface area contributed by atoms with E-state index in [2.05, 4.69) is 15.7 Å². The molecule has 0 atom stereocenters. The third-order valence-corrected chi connectivity index (χ3v) is 3.48. The quantitative estimate of drug-likeness (QED) is 0.778. The average Bonchev–Trinajstić information content (AvgIpc) is 3.18. The van der Waals surface area contributed by atoms with Crippen molar-refractivity contribution in [1.82, 2.24) is 14.9 Å². The van der Waals surface area contributed by atoms with Gasteiger partial charge in [-0.05, 0) is 30.3 Å². The molecule has 0 spiro atoms. The molecule has 3 aromatic rings. The van der Waals surface area contributed by atoms with Crippen LogP contribution in [0.5, 0.6) is 11.5 Å². The average molecular weight is 310 g/mol. The maximum absolute atomic E-state index is 12.0. The van der Waals surface area contributed by atoms with Crippen LogP contribution in [0.4, 0.5) is 10.5 Å². The minimum atomic E-state index is -0.305. The van der Waals surface area contributed by atoms with Crippen molar-refractivity contribution in [1.29, 1.82) is 0 Å². The van der Waals surface area contributed by atoms with Crippen molar-refractivity contribution in [2.45, 2.75) is 6.54 Å². The van der Waals surface area contributed by atoms with E-state index in [9.17, 15) is 4.79 Å². The van der Waals surface area contributed by atoms with Crippen LogP contribution < -0.4 is 20.1 Å². The van der Waals surface area contributed by atoms with Crippen LogP contribution in [0.15, 0.2) is 48.7 Å². The number of carbonyl (C=O) groups is 1. The maximum atomic E-state index is 12.0. The molecule has 0 saturated carbocycles. The molecule has 0 aliphatic carbocycles. The number of hydrogen-bond donors (Lipinski definition) is 2. The number of carbonyl (C=O) groups excluding carboxylic acids is 1. The van der Waals surface area contributed by atoms with E-state index >= 15 is 0 Å². The van der Waals surface area contributed by atoms with Crippen LogP contribution in [0.1, 0.15) is 5.69 Å². The standard InChI is InChI=1S/C16H14N4O3/c21-16(18-11-4-5-14-15(8-11)23-10-22-14)17-9-12-7-13-3-1-2-6-20(13)19-12/h1-8H,9-10H2,(H2,17,18,21). The topological polar surface area (TPSA) is 76.9 Å². The number of urea groups is 1. The monoisotopic (exact) mass is 310 g/mol. The largest absolute Gasteiger partial charge is 0.454 e. The predicted molar refractivity (Wildman–Crippen MR) is 83.6 cm³/mol. The van der Waals surface area contributed by atoms with Gasteiger partial charge in [0, 0.05) is 18.0 Å². The van der Waals surface area contributed by atoms with E-state index in [0.717, 1.165) is 11.2 Å². The molecule has 0 unspecified atom stereocenters. The van der Waals surface area contributed by atoms with Crippen LogP contribution in [0.2, 0.25) is 0 Å². The predicted octanol–water partition coefficient (Wildman–Crippen LogP) is 2.38. The zero-order valence-electron chi connectivity index (χ0n) is 12.2. The Morgan fingerprint density at radius 2 is 2.09 bits per heavy atom. The molecule has 0 bridgehead atoms. The Labute approximate surface area is 131 Å². The number of fused-ring (bicyclic) bond motifs is 2. The molecule has 7 nitrogen and oxygen atoms in total. The molecule has 3 heterocycles. The van der Waals surface area contributed by atoms with Crippen molar-refractivity contribution >= 4 is 17.2 Å². The van der Waals surface area contributed by atoms with E-state index in [1.54, 1.807) is 22.7 Å². The molecule has 1 aliphatic rings. The van der Waals surface area contributed by atoms with E-state index in [-0.39, 0.29) is 12.8 Å².